The van der Waals surface area contributed by atoms with Gasteiger partial charge in [-0.05, 0) is 49.6 Å². The number of primary amides is 1. The molecule has 4 N–H and O–H groups in total. The highest BCUT2D eigenvalue weighted by atomic mass is 16.1. The minimum absolute atomic E-state index is 0.440. The maximum absolute atomic E-state index is 11.9. The molecule has 162 valence electrons. The third-order valence-corrected chi connectivity index (χ3v) is 5.94. The van der Waals surface area contributed by atoms with Crippen LogP contribution in [0.15, 0.2) is 54.7 Å². The molecule has 0 spiro atoms. The molecule has 0 unspecified atom stereocenters. The zero-order chi connectivity index (χ0) is 22.1. The summed E-state index contributed by atoms with van der Waals surface area (Å²) in [6.07, 6.45) is 3.90. The van der Waals surface area contributed by atoms with Crippen LogP contribution >= 0.6 is 0 Å². The van der Waals surface area contributed by atoms with Crippen molar-refractivity contribution < 1.29 is 4.79 Å². The number of anilines is 1. The van der Waals surface area contributed by atoms with Crippen LogP contribution in [0.4, 0.5) is 5.82 Å². The lowest BCUT2D eigenvalue weighted by Gasteiger charge is -2.15. The van der Waals surface area contributed by atoms with E-state index >= 15 is 0 Å². The second kappa shape index (κ2) is 8.43. The number of nitrogens with zero attached hydrogens (tertiary/aromatic N) is 3. The third kappa shape index (κ3) is 3.71. The van der Waals surface area contributed by atoms with Gasteiger partial charge in [-0.1, -0.05) is 36.4 Å². The number of benzene rings is 1. The first-order chi connectivity index (χ1) is 15.6. The first-order valence-corrected chi connectivity index (χ1v) is 10.9. The summed E-state index contributed by atoms with van der Waals surface area (Å²) in [6, 6.07) is 15.9. The number of nitrogens with two attached hydrogens (primary N) is 1. The van der Waals surface area contributed by atoms with Crippen molar-refractivity contribution >= 4 is 17.2 Å². The van der Waals surface area contributed by atoms with E-state index < -0.39 is 5.91 Å². The predicted octanol–water partition coefficient (Wildman–Crippen LogP) is 3.45. The first-order valence-electron chi connectivity index (χ1n) is 10.9. The largest absolute Gasteiger partial charge is 0.366 e. The topological polar surface area (TPSA) is 97.3 Å². The summed E-state index contributed by atoms with van der Waals surface area (Å²) in [6.45, 7) is 4.37. The Morgan fingerprint density at radius 3 is 2.81 bits per heavy atom. The summed E-state index contributed by atoms with van der Waals surface area (Å²) < 4.78 is 1.83. The molecule has 1 aliphatic rings. The molecule has 1 amide bonds. The summed E-state index contributed by atoms with van der Waals surface area (Å²) in [5, 5.41) is 7.02. The van der Waals surface area contributed by atoms with Gasteiger partial charge in [-0.2, -0.15) is 0 Å². The van der Waals surface area contributed by atoms with Crippen LogP contribution in [0.5, 0.6) is 0 Å². The molecule has 7 nitrogen and oxygen atoms in total. The third-order valence-electron chi connectivity index (χ3n) is 5.94. The van der Waals surface area contributed by atoms with Gasteiger partial charge in [-0.25, -0.2) is 9.97 Å². The van der Waals surface area contributed by atoms with Crippen LogP contribution in [0.3, 0.4) is 0 Å². The highest BCUT2D eigenvalue weighted by molar-refractivity contribution is 5.93. The predicted molar refractivity (Wildman–Crippen MR) is 125 cm³/mol. The molecule has 0 aliphatic carbocycles. The Labute approximate surface area is 186 Å². The maximum Gasteiger partial charge on any atom is 0.265 e. The lowest BCUT2D eigenvalue weighted by atomic mass is 10.1. The maximum atomic E-state index is 11.9. The van der Waals surface area contributed by atoms with Gasteiger partial charge in [0, 0.05) is 30.4 Å². The fourth-order valence-electron chi connectivity index (χ4n) is 4.39. The van der Waals surface area contributed by atoms with Gasteiger partial charge in [0.05, 0.1) is 11.2 Å². The molecule has 4 aromatic rings. The molecule has 0 saturated carbocycles. The fourth-order valence-corrected chi connectivity index (χ4v) is 4.39. The number of hydrogen-bond acceptors (Lipinski definition) is 5. The SMILES string of the molecule is Cc1cn2c(C(N)=O)cccc2c1-c1nc2c(c(NCc3ccccc3)n1)CCCNC2. The number of pyridine rings is 1. The molecule has 0 atom stereocenters. The van der Waals surface area contributed by atoms with Gasteiger partial charge in [-0.15, -0.1) is 0 Å². The summed E-state index contributed by atoms with van der Waals surface area (Å²) in [5.74, 6) is 1.07. The van der Waals surface area contributed by atoms with Crippen molar-refractivity contribution in [2.45, 2.75) is 32.9 Å². The number of nitrogens with one attached hydrogen (secondary N) is 2. The Morgan fingerprint density at radius 1 is 1.16 bits per heavy atom. The average molecular weight is 427 g/mol. The number of aryl methyl sites for hydroxylation is 1. The van der Waals surface area contributed by atoms with Crippen molar-refractivity contribution in [3.05, 3.63) is 82.8 Å². The standard InChI is InChI=1S/C25H26N6O/c1-16-15-31-20(10-5-11-21(31)23(26)32)22(16)25-29-19-14-27-12-6-9-18(19)24(30-25)28-13-17-7-3-2-4-8-17/h2-5,7-8,10-11,15,27H,6,9,12-14H2,1H3,(H2,26,32)(H,28,29,30). The number of fused-ring (bicyclic) bond motifs is 2. The molecule has 4 heterocycles. The van der Waals surface area contributed by atoms with Crippen LogP contribution in [0, 0.1) is 6.92 Å². The van der Waals surface area contributed by atoms with Gasteiger partial charge < -0.3 is 20.8 Å². The summed E-state index contributed by atoms with van der Waals surface area (Å²) in [7, 11) is 0. The van der Waals surface area contributed by atoms with Gasteiger partial charge in [-0.3, -0.25) is 4.79 Å². The quantitative estimate of drug-likeness (QED) is 0.454. The highest BCUT2D eigenvalue weighted by Crippen LogP contribution is 2.32. The van der Waals surface area contributed by atoms with E-state index in [1.807, 2.05) is 47.9 Å². The number of carbonyl (C=O) groups excluding carboxylic acids is 1. The smallest absolute Gasteiger partial charge is 0.265 e. The van der Waals surface area contributed by atoms with Crippen molar-refractivity contribution in [3.8, 4) is 11.4 Å². The molecule has 0 fully saturated rings. The van der Waals surface area contributed by atoms with Crippen molar-refractivity contribution in [2.75, 3.05) is 11.9 Å². The van der Waals surface area contributed by atoms with Crippen LogP contribution in [0.25, 0.3) is 16.9 Å². The number of rotatable bonds is 5. The molecular weight excluding hydrogens is 400 g/mol. The van der Waals surface area contributed by atoms with Crippen LogP contribution in [-0.4, -0.2) is 26.8 Å². The van der Waals surface area contributed by atoms with E-state index in [1.165, 1.54) is 11.1 Å². The summed E-state index contributed by atoms with van der Waals surface area (Å²) in [4.78, 5) is 21.9. The van der Waals surface area contributed by atoms with Crippen molar-refractivity contribution in [1.29, 1.82) is 0 Å². The van der Waals surface area contributed by atoms with E-state index in [9.17, 15) is 4.79 Å². The van der Waals surface area contributed by atoms with E-state index in [0.717, 1.165) is 47.5 Å². The number of aromatic nitrogens is 3. The zero-order valence-corrected chi connectivity index (χ0v) is 18.1. The van der Waals surface area contributed by atoms with Gasteiger partial charge in [0.25, 0.3) is 5.91 Å². The van der Waals surface area contributed by atoms with Crippen molar-refractivity contribution in [3.63, 3.8) is 0 Å². The van der Waals surface area contributed by atoms with Crippen molar-refractivity contribution in [1.82, 2.24) is 19.7 Å². The molecule has 32 heavy (non-hydrogen) atoms. The first kappa shape index (κ1) is 20.2. The van der Waals surface area contributed by atoms with Crippen LogP contribution in [-0.2, 0) is 19.5 Å². The van der Waals surface area contributed by atoms with Gasteiger partial charge in [0.2, 0.25) is 0 Å². The van der Waals surface area contributed by atoms with Crippen LogP contribution < -0.4 is 16.4 Å². The van der Waals surface area contributed by atoms with Crippen molar-refractivity contribution in [2.24, 2.45) is 5.73 Å². The minimum atomic E-state index is -0.464. The Bertz CT molecular complexity index is 1300. The van der Waals surface area contributed by atoms with Crippen LogP contribution in [0.1, 0.15) is 39.3 Å². The van der Waals surface area contributed by atoms with Gasteiger partial charge in [0.15, 0.2) is 5.82 Å². The van der Waals surface area contributed by atoms with Crippen LogP contribution in [0.2, 0.25) is 0 Å². The zero-order valence-electron chi connectivity index (χ0n) is 18.1. The fraction of sp³-hybridized carbons (Fsp3) is 0.240. The highest BCUT2D eigenvalue weighted by Gasteiger charge is 2.21. The molecular formula is C25H26N6O. The normalized spacial score (nSPS) is 13.5. The summed E-state index contributed by atoms with van der Waals surface area (Å²) >= 11 is 0. The molecule has 5 rings (SSSR count). The van der Waals surface area contributed by atoms with E-state index in [4.69, 9.17) is 15.7 Å². The van der Waals surface area contributed by atoms with E-state index in [2.05, 4.69) is 22.8 Å². The monoisotopic (exact) mass is 426 g/mol. The summed E-state index contributed by atoms with van der Waals surface area (Å²) in [5.41, 5.74) is 12.2. The van der Waals surface area contributed by atoms with E-state index in [-0.39, 0.29) is 0 Å². The van der Waals surface area contributed by atoms with E-state index in [0.29, 0.717) is 24.6 Å². The Balaban J connectivity index is 1.63. The molecule has 7 heteroatoms. The Hall–Kier alpha value is -3.71. The molecule has 0 bridgehead atoms. The minimum Gasteiger partial charge on any atom is -0.366 e. The average Bonchev–Trinajstić information content (AvgIpc) is 2.96. The number of hydrogen-bond donors (Lipinski definition) is 3. The van der Waals surface area contributed by atoms with E-state index in [1.54, 1.807) is 6.07 Å². The Kier molecular flexibility index (Phi) is 5.33. The second-order valence-corrected chi connectivity index (χ2v) is 8.16. The second-order valence-electron chi connectivity index (χ2n) is 8.16. The molecule has 0 radical (unpaired) electrons. The lowest BCUT2D eigenvalue weighted by Crippen LogP contribution is -2.15. The molecule has 1 aromatic carbocycles. The molecule has 0 saturated heterocycles. The van der Waals surface area contributed by atoms with Gasteiger partial charge >= 0.3 is 0 Å². The number of carbonyl (C=O) groups is 1. The lowest BCUT2D eigenvalue weighted by molar-refractivity contribution is 0.0994. The number of amides is 1. The molecule has 1 aliphatic heterocycles. The molecule has 3 aromatic heterocycles. The van der Waals surface area contributed by atoms with Gasteiger partial charge in [0.1, 0.15) is 11.5 Å². The Morgan fingerprint density at radius 2 is 2.00 bits per heavy atom.